The second-order valence-corrected chi connectivity index (χ2v) is 12.3. The van der Waals surface area contributed by atoms with Crippen LogP contribution >= 0.6 is 11.6 Å². The summed E-state index contributed by atoms with van der Waals surface area (Å²) in [5, 5.41) is 11.0. The number of sulfonamides is 1. The summed E-state index contributed by atoms with van der Waals surface area (Å²) in [6, 6.07) is 14.7. The number of para-hydroxylation sites is 2. The van der Waals surface area contributed by atoms with E-state index in [1.807, 2.05) is 47.4 Å². The minimum Gasteiger partial charge on any atom is -0.366 e. The quantitative estimate of drug-likeness (QED) is 0.245. The Balaban J connectivity index is 1.36. The number of halogens is 1. The van der Waals surface area contributed by atoms with Crippen LogP contribution in [0, 0.1) is 5.92 Å². The number of hydrogen-bond acceptors (Lipinski definition) is 7. The maximum Gasteiger partial charge on any atom is 0.240 e. The van der Waals surface area contributed by atoms with Gasteiger partial charge in [-0.1, -0.05) is 35.9 Å². The van der Waals surface area contributed by atoms with Crippen LogP contribution < -0.4 is 25.6 Å². The molecule has 0 bridgehead atoms. The number of anilines is 2. The molecule has 9 nitrogen and oxygen atoms in total. The van der Waals surface area contributed by atoms with E-state index in [-0.39, 0.29) is 11.9 Å². The van der Waals surface area contributed by atoms with Gasteiger partial charge in [0.1, 0.15) is 0 Å². The lowest BCUT2D eigenvalue weighted by Crippen LogP contribution is -2.56. The van der Waals surface area contributed by atoms with Crippen molar-refractivity contribution in [2.75, 3.05) is 68.4 Å². The Bertz CT molecular complexity index is 1150. The molecule has 1 unspecified atom stereocenters. The van der Waals surface area contributed by atoms with Crippen molar-refractivity contribution in [3.8, 4) is 0 Å². The Morgan fingerprint density at radius 2 is 1.74 bits per heavy atom. The van der Waals surface area contributed by atoms with Crippen molar-refractivity contribution in [1.82, 2.24) is 20.9 Å². The second-order valence-electron chi connectivity index (χ2n) is 10.1. The zero-order chi connectivity index (χ0) is 27.0. The summed E-state index contributed by atoms with van der Waals surface area (Å²) in [7, 11) is -3.39. The van der Waals surface area contributed by atoms with Gasteiger partial charge in [-0.15, -0.1) is 0 Å². The molecule has 0 aliphatic carbocycles. The highest BCUT2D eigenvalue weighted by molar-refractivity contribution is 7.92. The summed E-state index contributed by atoms with van der Waals surface area (Å²) in [6.45, 7) is 6.01. The molecular formula is C27H39ClN6O3S. The number of nitrogens with zero attached hydrogens (tertiary/aromatic N) is 2. The summed E-state index contributed by atoms with van der Waals surface area (Å²) >= 11 is 6.07. The highest BCUT2D eigenvalue weighted by atomic mass is 35.5. The number of benzene rings is 2. The molecule has 2 aromatic rings. The first-order valence-electron chi connectivity index (χ1n) is 13.3. The van der Waals surface area contributed by atoms with Crippen molar-refractivity contribution >= 4 is 38.9 Å². The highest BCUT2D eigenvalue weighted by Crippen LogP contribution is 2.27. The van der Waals surface area contributed by atoms with Crippen molar-refractivity contribution in [2.24, 2.45) is 5.92 Å². The third kappa shape index (κ3) is 8.57. The summed E-state index contributed by atoms with van der Waals surface area (Å²) in [5.74, 6) is 0.738. The average Bonchev–Trinajstić information content (AvgIpc) is 2.91. The molecule has 1 amide bonds. The standard InChI is InChI=1S/C27H39ClN6O3S/c1-38(36,37)32-24-4-2-3-5-26(24)33-14-16-34(17-15-33)27(35)25(18-21-6-8-23(28)9-7-21)31-20-30-19-22-10-12-29-13-11-22/h2-9,22,25,29-32H,10-20H2,1H3. The first-order valence-corrected chi connectivity index (χ1v) is 15.6. The number of piperidine rings is 1. The van der Waals surface area contributed by atoms with Crippen molar-refractivity contribution in [1.29, 1.82) is 0 Å². The van der Waals surface area contributed by atoms with Gasteiger partial charge >= 0.3 is 0 Å². The predicted octanol–water partition coefficient (Wildman–Crippen LogP) is 2.11. The normalized spacial score (nSPS) is 17.8. The zero-order valence-electron chi connectivity index (χ0n) is 22.0. The van der Waals surface area contributed by atoms with Gasteiger partial charge in [0.05, 0.1) is 23.7 Å². The Morgan fingerprint density at radius 1 is 1.05 bits per heavy atom. The van der Waals surface area contributed by atoms with Gasteiger partial charge < -0.3 is 20.4 Å². The minimum absolute atomic E-state index is 0.0748. The van der Waals surface area contributed by atoms with Crippen LogP contribution in [0.25, 0.3) is 0 Å². The van der Waals surface area contributed by atoms with E-state index >= 15 is 0 Å². The van der Waals surface area contributed by atoms with Gasteiger partial charge in [0.15, 0.2) is 0 Å². The molecule has 0 aromatic heterocycles. The molecule has 2 aromatic carbocycles. The SMILES string of the molecule is CS(=O)(=O)Nc1ccccc1N1CCN(C(=O)C(Cc2ccc(Cl)cc2)NCNCC2CCNCC2)CC1. The molecule has 0 spiro atoms. The first-order chi connectivity index (χ1) is 18.3. The maximum absolute atomic E-state index is 13.7. The van der Waals surface area contributed by atoms with E-state index in [2.05, 4.69) is 25.6 Å². The lowest BCUT2D eigenvalue weighted by atomic mass is 9.98. The Hall–Kier alpha value is -2.37. The molecule has 2 heterocycles. The van der Waals surface area contributed by atoms with E-state index in [1.165, 1.54) is 12.8 Å². The molecule has 2 saturated heterocycles. The molecule has 38 heavy (non-hydrogen) atoms. The van der Waals surface area contributed by atoms with E-state index < -0.39 is 10.0 Å². The molecule has 1 atom stereocenters. The van der Waals surface area contributed by atoms with Crippen molar-refractivity contribution in [3.05, 3.63) is 59.1 Å². The monoisotopic (exact) mass is 562 g/mol. The fraction of sp³-hybridized carbons (Fsp3) is 0.519. The van der Waals surface area contributed by atoms with Crippen LogP contribution in [0.15, 0.2) is 48.5 Å². The Kier molecular flexibility index (Phi) is 10.3. The van der Waals surface area contributed by atoms with Gasteiger partial charge in [-0.05, 0) is 74.6 Å². The highest BCUT2D eigenvalue weighted by Gasteiger charge is 2.28. The zero-order valence-corrected chi connectivity index (χ0v) is 23.5. The number of hydrogen-bond donors (Lipinski definition) is 4. The largest absolute Gasteiger partial charge is 0.366 e. The summed E-state index contributed by atoms with van der Waals surface area (Å²) in [5.41, 5.74) is 2.43. The van der Waals surface area contributed by atoms with Gasteiger partial charge in [-0.2, -0.15) is 0 Å². The molecule has 2 fully saturated rings. The van der Waals surface area contributed by atoms with E-state index in [0.717, 1.165) is 37.1 Å². The number of piperazine rings is 1. The van der Waals surface area contributed by atoms with Gasteiger partial charge in [0.2, 0.25) is 15.9 Å². The topological polar surface area (TPSA) is 106 Å². The van der Waals surface area contributed by atoms with Crippen molar-refractivity contribution in [2.45, 2.75) is 25.3 Å². The number of carbonyl (C=O) groups is 1. The van der Waals surface area contributed by atoms with E-state index in [4.69, 9.17) is 11.6 Å². The molecule has 4 N–H and O–H groups in total. The predicted molar refractivity (Wildman–Crippen MR) is 154 cm³/mol. The fourth-order valence-corrected chi connectivity index (χ4v) is 5.78. The number of rotatable bonds is 11. The lowest BCUT2D eigenvalue weighted by molar-refractivity contribution is -0.133. The molecule has 4 rings (SSSR count). The van der Waals surface area contributed by atoms with E-state index in [0.29, 0.717) is 55.9 Å². The van der Waals surface area contributed by atoms with E-state index in [1.54, 1.807) is 6.07 Å². The number of carbonyl (C=O) groups excluding carboxylic acids is 1. The molecular weight excluding hydrogens is 524 g/mol. The summed E-state index contributed by atoms with van der Waals surface area (Å²) in [4.78, 5) is 17.7. The van der Waals surface area contributed by atoms with Crippen LogP contribution in [-0.4, -0.2) is 84.0 Å². The minimum atomic E-state index is -3.39. The third-order valence-electron chi connectivity index (χ3n) is 7.15. The smallest absolute Gasteiger partial charge is 0.240 e. The average molecular weight is 563 g/mol. The van der Waals surface area contributed by atoms with Crippen LogP contribution in [0.1, 0.15) is 18.4 Å². The Morgan fingerprint density at radius 3 is 2.42 bits per heavy atom. The molecule has 2 aliphatic heterocycles. The van der Waals surface area contributed by atoms with Crippen LogP contribution in [0.5, 0.6) is 0 Å². The number of amides is 1. The second kappa shape index (κ2) is 13.6. The first kappa shape index (κ1) is 28.6. The summed E-state index contributed by atoms with van der Waals surface area (Å²) < 4.78 is 26.2. The van der Waals surface area contributed by atoms with Gasteiger partial charge in [-0.25, -0.2) is 8.42 Å². The van der Waals surface area contributed by atoms with Crippen molar-refractivity contribution < 1.29 is 13.2 Å². The van der Waals surface area contributed by atoms with Gasteiger partial charge in [0.25, 0.3) is 0 Å². The van der Waals surface area contributed by atoms with Crippen LogP contribution in [-0.2, 0) is 21.2 Å². The van der Waals surface area contributed by atoms with Gasteiger partial charge in [-0.3, -0.25) is 14.8 Å². The molecule has 208 valence electrons. The maximum atomic E-state index is 13.7. The van der Waals surface area contributed by atoms with E-state index in [9.17, 15) is 13.2 Å². The molecule has 11 heteroatoms. The third-order valence-corrected chi connectivity index (χ3v) is 7.99. The molecule has 2 aliphatic rings. The van der Waals surface area contributed by atoms with Crippen LogP contribution in [0.4, 0.5) is 11.4 Å². The molecule has 0 radical (unpaired) electrons. The van der Waals surface area contributed by atoms with Crippen LogP contribution in [0.2, 0.25) is 5.02 Å². The van der Waals surface area contributed by atoms with Crippen LogP contribution in [0.3, 0.4) is 0 Å². The fourth-order valence-electron chi connectivity index (χ4n) is 5.08. The lowest BCUT2D eigenvalue weighted by Gasteiger charge is -2.38. The van der Waals surface area contributed by atoms with Crippen molar-refractivity contribution in [3.63, 3.8) is 0 Å². The number of nitrogens with one attached hydrogen (secondary N) is 4. The molecule has 0 saturated carbocycles. The summed E-state index contributed by atoms with van der Waals surface area (Å²) in [6.07, 6.45) is 4.07. The van der Waals surface area contributed by atoms with Gasteiger partial charge in [0, 0.05) is 37.9 Å². The Labute approximate surface area is 231 Å².